The molecular weight excluding hydrogens is 432 g/mol. The number of carbonyl (C=O) groups excluding carboxylic acids is 3. The fourth-order valence-corrected chi connectivity index (χ4v) is 3.84. The van der Waals surface area contributed by atoms with Crippen LogP contribution in [0.15, 0.2) is 42.5 Å². The largest absolute Gasteiger partial charge is 0.463 e. The van der Waals surface area contributed by atoms with Crippen LogP contribution < -0.4 is 10.6 Å². The fraction of sp³-hybridized carbons (Fsp3) is 0.593. The molecule has 0 spiro atoms. The summed E-state index contributed by atoms with van der Waals surface area (Å²) in [5, 5.41) is 14.9. The summed E-state index contributed by atoms with van der Waals surface area (Å²) in [6, 6.07) is 9.13. The zero-order chi connectivity index (χ0) is 25.1. The third-order valence-corrected chi connectivity index (χ3v) is 6.17. The van der Waals surface area contributed by atoms with E-state index < -0.39 is 12.0 Å². The Morgan fingerprint density at radius 3 is 2.53 bits per heavy atom. The summed E-state index contributed by atoms with van der Waals surface area (Å²) in [6.45, 7) is 7.57. The Hall–Kier alpha value is -2.67. The van der Waals surface area contributed by atoms with Gasteiger partial charge in [0.25, 0.3) is 0 Å². The molecule has 7 heteroatoms. The van der Waals surface area contributed by atoms with E-state index in [1.807, 2.05) is 63.3 Å². The molecule has 0 bridgehead atoms. The number of ether oxygens (including phenoxy) is 1. The van der Waals surface area contributed by atoms with Crippen molar-refractivity contribution in [3.63, 3.8) is 0 Å². The minimum Gasteiger partial charge on any atom is -0.463 e. The van der Waals surface area contributed by atoms with Gasteiger partial charge in [-0.3, -0.25) is 14.4 Å². The molecule has 188 valence electrons. The molecule has 0 aromatic heterocycles. The molecule has 0 radical (unpaired) electrons. The van der Waals surface area contributed by atoms with E-state index in [1.54, 1.807) is 6.92 Å². The number of nitrogens with one attached hydrogen (secondary N) is 2. The molecule has 34 heavy (non-hydrogen) atoms. The second kappa shape index (κ2) is 13.3. The predicted octanol–water partition coefficient (Wildman–Crippen LogP) is 3.16. The lowest BCUT2D eigenvalue weighted by molar-refractivity contribution is -0.151. The SMILES string of the molecule is C[C@H](CO)NC(=O)C[C@H]1CC=CCC[C@H](Cc2ccccc2)C(=O)OC[C@H](C(C)(C)C)NC1=O. The number of allylic oxidation sites excluding steroid dienone is 2. The maximum atomic E-state index is 13.1. The van der Waals surface area contributed by atoms with Crippen molar-refractivity contribution in [2.75, 3.05) is 13.2 Å². The van der Waals surface area contributed by atoms with Crippen molar-refractivity contribution in [1.29, 1.82) is 0 Å². The molecule has 0 saturated carbocycles. The number of aliphatic hydroxyl groups is 1. The van der Waals surface area contributed by atoms with Crippen LogP contribution in [-0.2, 0) is 25.5 Å². The fourth-order valence-electron chi connectivity index (χ4n) is 3.84. The predicted molar refractivity (Wildman–Crippen MR) is 132 cm³/mol. The summed E-state index contributed by atoms with van der Waals surface area (Å²) in [7, 11) is 0. The third-order valence-electron chi connectivity index (χ3n) is 6.17. The van der Waals surface area contributed by atoms with Crippen LogP contribution in [0.1, 0.15) is 58.9 Å². The van der Waals surface area contributed by atoms with E-state index in [0.717, 1.165) is 5.56 Å². The molecule has 2 rings (SSSR count). The minimum absolute atomic E-state index is 0.0216. The lowest BCUT2D eigenvalue weighted by atomic mass is 9.86. The molecule has 0 fully saturated rings. The van der Waals surface area contributed by atoms with E-state index in [0.29, 0.717) is 25.7 Å². The highest BCUT2D eigenvalue weighted by molar-refractivity contribution is 5.86. The Morgan fingerprint density at radius 1 is 1.18 bits per heavy atom. The van der Waals surface area contributed by atoms with Crippen LogP contribution in [-0.4, -0.2) is 48.2 Å². The highest BCUT2D eigenvalue weighted by Crippen LogP contribution is 2.23. The molecule has 1 aliphatic rings. The van der Waals surface area contributed by atoms with Crippen molar-refractivity contribution in [2.24, 2.45) is 17.3 Å². The van der Waals surface area contributed by atoms with Gasteiger partial charge in [0, 0.05) is 12.5 Å². The lowest BCUT2D eigenvalue weighted by Gasteiger charge is -2.32. The maximum Gasteiger partial charge on any atom is 0.309 e. The molecule has 0 saturated heterocycles. The number of cyclic esters (lactones) is 1. The summed E-state index contributed by atoms with van der Waals surface area (Å²) in [6.07, 6.45) is 6.25. The number of benzene rings is 1. The van der Waals surface area contributed by atoms with E-state index in [9.17, 15) is 19.5 Å². The van der Waals surface area contributed by atoms with Crippen LogP contribution in [0.3, 0.4) is 0 Å². The molecule has 2 amide bonds. The number of amides is 2. The van der Waals surface area contributed by atoms with Crippen LogP contribution in [0.2, 0.25) is 0 Å². The van der Waals surface area contributed by atoms with E-state index in [1.165, 1.54) is 0 Å². The number of esters is 1. The minimum atomic E-state index is -0.552. The van der Waals surface area contributed by atoms with E-state index in [-0.39, 0.29) is 54.8 Å². The van der Waals surface area contributed by atoms with Gasteiger partial charge in [0.05, 0.1) is 24.5 Å². The van der Waals surface area contributed by atoms with Crippen molar-refractivity contribution in [2.45, 2.75) is 71.9 Å². The molecule has 7 nitrogen and oxygen atoms in total. The first-order chi connectivity index (χ1) is 16.1. The average Bonchev–Trinajstić information content (AvgIpc) is 2.79. The Kier molecular flexibility index (Phi) is 10.8. The number of hydrogen-bond donors (Lipinski definition) is 3. The number of aliphatic hydroxyl groups excluding tert-OH is 1. The summed E-state index contributed by atoms with van der Waals surface area (Å²) < 4.78 is 5.73. The summed E-state index contributed by atoms with van der Waals surface area (Å²) in [4.78, 5) is 38.5. The number of hydrogen-bond acceptors (Lipinski definition) is 5. The highest BCUT2D eigenvalue weighted by Gasteiger charge is 2.32. The van der Waals surface area contributed by atoms with Gasteiger partial charge in [-0.25, -0.2) is 0 Å². The Morgan fingerprint density at radius 2 is 1.88 bits per heavy atom. The Bertz CT molecular complexity index is 831. The van der Waals surface area contributed by atoms with Gasteiger partial charge in [-0.15, -0.1) is 0 Å². The van der Waals surface area contributed by atoms with Crippen molar-refractivity contribution in [1.82, 2.24) is 10.6 Å². The summed E-state index contributed by atoms with van der Waals surface area (Å²) in [5.41, 5.74) is 0.737. The van der Waals surface area contributed by atoms with Crippen molar-refractivity contribution < 1.29 is 24.2 Å². The van der Waals surface area contributed by atoms with Gasteiger partial charge in [0.15, 0.2) is 0 Å². The molecule has 1 heterocycles. The maximum absolute atomic E-state index is 13.1. The van der Waals surface area contributed by atoms with Gasteiger partial charge < -0.3 is 20.5 Å². The normalized spacial score (nSPS) is 23.5. The smallest absolute Gasteiger partial charge is 0.309 e. The second-order valence-electron chi connectivity index (χ2n) is 10.3. The van der Waals surface area contributed by atoms with Gasteiger partial charge in [0.2, 0.25) is 11.8 Å². The lowest BCUT2D eigenvalue weighted by Crippen LogP contribution is -2.50. The molecule has 4 atom stereocenters. The average molecular weight is 473 g/mol. The first-order valence-corrected chi connectivity index (χ1v) is 12.2. The van der Waals surface area contributed by atoms with E-state index in [2.05, 4.69) is 10.6 Å². The van der Waals surface area contributed by atoms with Crippen molar-refractivity contribution >= 4 is 17.8 Å². The topological polar surface area (TPSA) is 105 Å². The van der Waals surface area contributed by atoms with Crippen molar-refractivity contribution in [3.8, 4) is 0 Å². The van der Waals surface area contributed by atoms with Crippen LogP contribution in [0.5, 0.6) is 0 Å². The highest BCUT2D eigenvalue weighted by atomic mass is 16.5. The molecule has 0 unspecified atom stereocenters. The Labute approximate surface area is 203 Å². The van der Waals surface area contributed by atoms with Crippen molar-refractivity contribution in [3.05, 3.63) is 48.0 Å². The van der Waals surface area contributed by atoms with Gasteiger partial charge >= 0.3 is 5.97 Å². The quantitative estimate of drug-likeness (QED) is 0.436. The first-order valence-electron chi connectivity index (χ1n) is 12.2. The number of carbonyl (C=O) groups is 3. The van der Waals surface area contributed by atoms with Gasteiger partial charge in [-0.1, -0.05) is 63.3 Å². The van der Waals surface area contributed by atoms with Gasteiger partial charge in [0.1, 0.15) is 6.61 Å². The third kappa shape index (κ3) is 9.29. The van der Waals surface area contributed by atoms with Crippen LogP contribution in [0.4, 0.5) is 0 Å². The zero-order valence-corrected chi connectivity index (χ0v) is 20.9. The summed E-state index contributed by atoms with van der Waals surface area (Å²) in [5.74, 6) is -1.60. The zero-order valence-electron chi connectivity index (χ0n) is 20.9. The van der Waals surface area contributed by atoms with Gasteiger partial charge in [-0.2, -0.15) is 0 Å². The molecule has 3 N–H and O–H groups in total. The first kappa shape index (κ1) is 27.6. The molecule has 1 aromatic rings. The summed E-state index contributed by atoms with van der Waals surface area (Å²) >= 11 is 0. The monoisotopic (exact) mass is 472 g/mol. The second-order valence-corrected chi connectivity index (χ2v) is 10.3. The molecule has 0 aliphatic carbocycles. The molecule has 1 aromatic carbocycles. The number of rotatable bonds is 6. The van der Waals surface area contributed by atoms with E-state index in [4.69, 9.17) is 4.74 Å². The molecular formula is C27H40N2O5. The van der Waals surface area contributed by atoms with E-state index >= 15 is 0 Å². The van der Waals surface area contributed by atoms with Crippen LogP contribution in [0, 0.1) is 17.3 Å². The standard InChI is InChI=1S/C27H40N2O5/c1-19(17-30)28-24(31)16-21-13-9-6-10-14-22(15-20-11-7-5-8-12-20)26(33)34-18-23(27(2,3)4)29-25(21)32/h5-9,11-12,19,21-23,30H,10,13-18H2,1-4H3,(H,28,31)(H,29,32)/t19-,21-,22-,23-/m1/s1. The van der Waals surface area contributed by atoms with Gasteiger partial charge in [-0.05, 0) is 43.6 Å². The Balaban J connectivity index is 2.19. The van der Waals surface area contributed by atoms with Crippen LogP contribution >= 0.6 is 0 Å². The van der Waals surface area contributed by atoms with Crippen LogP contribution in [0.25, 0.3) is 0 Å². The molecule has 1 aliphatic heterocycles.